The van der Waals surface area contributed by atoms with Crippen molar-refractivity contribution in [3.8, 4) is 0 Å². The van der Waals surface area contributed by atoms with Crippen LogP contribution in [-0.4, -0.2) is 56.1 Å². The molecule has 0 aromatic heterocycles. The van der Waals surface area contributed by atoms with E-state index in [-0.39, 0.29) is 42.0 Å². The van der Waals surface area contributed by atoms with Gasteiger partial charge in [-0.15, -0.1) is 24.0 Å². The number of morpholine rings is 1. The molecule has 1 heterocycles. The molecule has 1 saturated heterocycles. The zero-order chi connectivity index (χ0) is 18.2. The lowest BCUT2D eigenvalue weighted by Gasteiger charge is -2.35. The molecule has 1 amide bonds. The third-order valence-corrected chi connectivity index (χ3v) is 4.20. The van der Waals surface area contributed by atoms with Crippen molar-refractivity contribution in [3.05, 3.63) is 35.4 Å². The van der Waals surface area contributed by atoms with Gasteiger partial charge in [-0.1, -0.05) is 24.3 Å². The second-order valence-corrected chi connectivity index (χ2v) is 6.61. The number of nitrogens with zero attached hydrogens (tertiary/aromatic N) is 2. The topological polar surface area (TPSA) is 66.0 Å². The van der Waals surface area contributed by atoms with E-state index in [4.69, 9.17) is 4.74 Å². The zero-order valence-electron chi connectivity index (χ0n) is 16.1. The third kappa shape index (κ3) is 6.75. The van der Waals surface area contributed by atoms with Gasteiger partial charge >= 0.3 is 0 Å². The lowest BCUT2D eigenvalue weighted by atomic mass is 10.0. The minimum atomic E-state index is 0. The van der Waals surface area contributed by atoms with E-state index in [1.165, 1.54) is 11.1 Å². The molecule has 1 aliphatic heterocycles. The molecule has 0 saturated carbocycles. The fourth-order valence-corrected chi connectivity index (χ4v) is 2.99. The van der Waals surface area contributed by atoms with Gasteiger partial charge < -0.3 is 20.3 Å². The Morgan fingerprint density at radius 1 is 1.38 bits per heavy atom. The number of rotatable bonds is 5. The summed E-state index contributed by atoms with van der Waals surface area (Å²) in [4.78, 5) is 18.3. The molecular weight excluding hydrogens is 443 g/mol. The van der Waals surface area contributed by atoms with E-state index < -0.39 is 0 Å². The Bertz CT molecular complexity index is 607. The van der Waals surface area contributed by atoms with Crippen LogP contribution in [0.15, 0.2) is 29.3 Å². The predicted molar refractivity (Wildman–Crippen MR) is 116 cm³/mol. The van der Waals surface area contributed by atoms with Crippen molar-refractivity contribution < 1.29 is 9.53 Å². The lowest BCUT2D eigenvalue weighted by molar-refractivity contribution is -0.121. The summed E-state index contributed by atoms with van der Waals surface area (Å²) in [5.74, 6) is 0.872. The number of amides is 1. The number of nitrogens with one attached hydrogen (secondary N) is 2. The number of aliphatic imine (C=N–C) groups is 1. The van der Waals surface area contributed by atoms with Gasteiger partial charge in [-0.2, -0.15) is 0 Å². The first-order chi connectivity index (χ1) is 12.0. The summed E-state index contributed by atoms with van der Waals surface area (Å²) in [6, 6.07) is 8.49. The van der Waals surface area contributed by atoms with E-state index in [9.17, 15) is 4.79 Å². The molecule has 26 heavy (non-hydrogen) atoms. The number of carbonyl (C=O) groups is 1. The summed E-state index contributed by atoms with van der Waals surface area (Å²) in [5.41, 5.74) is 2.46. The highest BCUT2D eigenvalue weighted by atomic mass is 127. The van der Waals surface area contributed by atoms with E-state index >= 15 is 0 Å². The van der Waals surface area contributed by atoms with Crippen LogP contribution < -0.4 is 10.6 Å². The summed E-state index contributed by atoms with van der Waals surface area (Å²) in [5, 5.41) is 6.19. The third-order valence-electron chi connectivity index (χ3n) is 4.20. The maximum absolute atomic E-state index is 11.7. The van der Waals surface area contributed by atoms with Gasteiger partial charge in [0.1, 0.15) is 6.10 Å². The molecule has 0 radical (unpaired) electrons. The number of carbonyl (C=O) groups excluding carboxylic acids is 1. The molecule has 0 bridgehead atoms. The van der Waals surface area contributed by atoms with Gasteiger partial charge in [0.2, 0.25) is 5.91 Å². The van der Waals surface area contributed by atoms with Crippen molar-refractivity contribution in [2.45, 2.75) is 39.3 Å². The van der Waals surface area contributed by atoms with Gasteiger partial charge in [-0.25, -0.2) is 0 Å². The lowest BCUT2D eigenvalue weighted by Crippen LogP contribution is -2.48. The second-order valence-electron chi connectivity index (χ2n) is 6.61. The number of benzene rings is 1. The molecule has 0 spiro atoms. The molecule has 6 nitrogen and oxygen atoms in total. The maximum Gasteiger partial charge on any atom is 0.221 e. The highest BCUT2D eigenvalue weighted by Gasteiger charge is 2.25. The summed E-state index contributed by atoms with van der Waals surface area (Å²) in [6.45, 7) is 8.81. The number of halogens is 1. The largest absolute Gasteiger partial charge is 0.370 e. The normalized spacial score (nSPS) is 17.7. The molecule has 146 valence electrons. The fourth-order valence-electron chi connectivity index (χ4n) is 2.99. The summed E-state index contributed by atoms with van der Waals surface area (Å²) >= 11 is 0. The molecule has 1 atom stereocenters. The van der Waals surface area contributed by atoms with Crippen molar-refractivity contribution in [1.82, 2.24) is 15.5 Å². The predicted octanol–water partition coefficient (Wildman–Crippen LogP) is 2.48. The summed E-state index contributed by atoms with van der Waals surface area (Å²) in [6.07, 6.45) is 0.473. The van der Waals surface area contributed by atoms with Crippen molar-refractivity contribution >= 4 is 35.8 Å². The van der Waals surface area contributed by atoms with Crippen LogP contribution in [0.3, 0.4) is 0 Å². The van der Waals surface area contributed by atoms with Crippen LogP contribution in [0, 0.1) is 6.92 Å². The number of hydrogen-bond donors (Lipinski definition) is 2. The van der Waals surface area contributed by atoms with Crippen LogP contribution >= 0.6 is 24.0 Å². The Labute approximate surface area is 173 Å². The number of hydrogen-bond acceptors (Lipinski definition) is 3. The smallest absolute Gasteiger partial charge is 0.221 e. The molecule has 2 N–H and O–H groups in total. The summed E-state index contributed by atoms with van der Waals surface area (Å²) in [7, 11) is 1.77. The monoisotopic (exact) mass is 474 g/mol. The van der Waals surface area contributed by atoms with E-state index in [1.54, 1.807) is 7.05 Å². The minimum Gasteiger partial charge on any atom is -0.370 e. The van der Waals surface area contributed by atoms with Crippen molar-refractivity contribution in [3.63, 3.8) is 0 Å². The van der Waals surface area contributed by atoms with Gasteiger partial charge in [0.15, 0.2) is 5.96 Å². The van der Waals surface area contributed by atoms with Crippen LogP contribution in [0.5, 0.6) is 0 Å². The van der Waals surface area contributed by atoms with Gasteiger partial charge in [-0.05, 0) is 31.9 Å². The van der Waals surface area contributed by atoms with Crippen LogP contribution in [0.2, 0.25) is 0 Å². The Morgan fingerprint density at radius 2 is 2.12 bits per heavy atom. The quantitative estimate of drug-likeness (QED) is 0.391. The first-order valence-electron chi connectivity index (χ1n) is 8.93. The molecule has 1 aliphatic rings. The van der Waals surface area contributed by atoms with Gasteiger partial charge in [0.05, 0.1) is 13.2 Å². The summed E-state index contributed by atoms with van der Waals surface area (Å²) < 4.78 is 5.97. The van der Waals surface area contributed by atoms with E-state index in [0.29, 0.717) is 19.6 Å². The average Bonchev–Trinajstić information content (AvgIpc) is 2.58. The second kappa shape index (κ2) is 11.4. The first kappa shape index (κ1) is 22.7. The number of guanidine groups is 1. The SMILES string of the molecule is CN=C(NCCC(=O)NC(C)C)N1CCOC(c2ccccc2C)C1.I. The van der Waals surface area contributed by atoms with E-state index in [2.05, 4.69) is 39.6 Å². The molecule has 1 aromatic rings. The average molecular weight is 474 g/mol. The van der Waals surface area contributed by atoms with Crippen LogP contribution in [-0.2, 0) is 9.53 Å². The van der Waals surface area contributed by atoms with E-state index in [0.717, 1.165) is 19.0 Å². The first-order valence-corrected chi connectivity index (χ1v) is 8.93. The maximum atomic E-state index is 11.7. The van der Waals surface area contributed by atoms with Crippen molar-refractivity contribution in [2.24, 2.45) is 4.99 Å². The van der Waals surface area contributed by atoms with Crippen LogP contribution in [0.4, 0.5) is 0 Å². The molecule has 2 rings (SSSR count). The molecule has 1 fully saturated rings. The molecular formula is C19H31IN4O2. The zero-order valence-corrected chi connectivity index (χ0v) is 18.4. The Balaban J connectivity index is 0.00000338. The highest BCUT2D eigenvalue weighted by molar-refractivity contribution is 14.0. The van der Waals surface area contributed by atoms with Gasteiger partial charge in [-0.3, -0.25) is 9.79 Å². The standard InChI is InChI=1S/C19H30N4O2.HI/c1-14(2)22-18(24)9-10-21-19(20-4)23-11-12-25-17(13-23)16-8-6-5-7-15(16)3;/h5-8,14,17H,9-13H2,1-4H3,(H,20,21)(H,22,24);1H. The fraction of sp³-hybridized carbons (Fsp3) is 0.579. The molecule has 1 unspecified atom stereocenters. The van der Waals surface area contributed by atoms with Gasteiger partial charge in [0.25, 0.3) is 0 Å². The molecule has 7 heteroatoms. The molecule has 1 aromatic carbocycles. The highest BCUT2D eigenvalue weighted by Crippen LogP contribution is 2.24. The van der Waals surface area contributed by atoms with Crippen molar-refractivity contribution in [2.75, 3.05) is 33.3 Å². The Kier molecular flexibility index (Phi) is 9.93. The Morgan fingerprint density at radius 3 is 2.77 bits per heavy atom. The van der Waals surface area contributed by atoms with Gasteiger partial charge in [0, 0.05) is 32.6 Å². The number of ether oxygens (including phenoxy) is 1. The Hall–Kier alpha value is -1.35. The van der Waals surface area contributed by atoms with Crippen LogP contribution in [0.1, 0.15) is 37.5 Å². The minimum absolute atomic E-state index is 0. The van der Waals surface area contributed by atoms with E-state index in [1.807, 2.05) is 26.0 Å². The van der Waals surface area contributed by atoms with Crippen molar-refractivity contribution in [1.29, 1.82) is 0 Å². The number of aryl methyl sites for hydroxylation is 1. The molecule has 0 aliphatic carbocycles. The van der Waals surface area contributed by atoms with Crippen LogP contribution in [0.25, 0.3) is 0 Å².